The van der Waals surface area contributed by atoms with E-state index in [1.54, 1.807) is 36.0 Å². The molecule has 0 spiro atoms. The topological polar surface area (TPSA) is 59.3 Å². The van der Waals surface area contributed by atoms with Gasteiger partial charge >= 0.3 is 0 Å². The molecule has 1 amide bonds. The molecule has 0 fully saturated rings. The molecule has 37 heavy (non-hydrogen) atoms. The summed E-state index contributed by atoms with van der Waals surface area (Å²) in [6.07, 6.45) is 4.98. The zero-order valence-corrected chi connectivity index (χ0v) is 20.8. The van der Waals surface area contributed by atoms with Crippen molar-refractivity contribution >= 4 is 17.1 Å². The first-order valence-electron chi connectivity index (χ1n) is 11.8. The molecule has 3 heterocycles. The number of amides is 1. The standard InChI is InChI=1S/C27H19F3N4O.C2H6/c1-15-10-11-34-23(14-32-26(34)20-4-3-5-22(29)25(20)30)24(15)17-12-21(16(2)31-13-17)27(35)33-19-8-6-18(28)7-9-19;1-2/h3-14H,1-2H3,(H,33,35);1-2H3. The molecule has 188 valence electrons. The van der Waals surface area contributed by atoms with Crippen molar-refractivity contribution in [2.75, 3.05) is 5.32 Å². The quantitative estimate of drug-likeness (QED) is 0.279. The molecule has 5 aromatic rings. The number of aromatic nitrogens is 3. The number of anilines is 1. The van der Waals surface area contributed by atoms with Crippen molar-refractivity contribution in [2.24, 2.45) is 0 Å². The molecule has 0 aliphatic carbocycles. The van der Waals surface area contributed by atoms with Gasteiger partial charge in [-0.15, -0.1) is 0 Å². The van der Waals surface area contributed by atoms with Crippen LogP contribution in [0.15, 0.2) is 73.2 Å². The molecule has 0 aliphatic rings. The monoisotopic (exact) mass is 502 g/mol. The third-order valence-corrected chi connectivity index (χ3v) is 5.84. The number of benzene rings is 2. The van der Waals surface area contributed by atoms with Gasteiger partial charge in [-0.1, -0.05) is 19.9 Å². The Hall–Kier alpha value is -4.46. The van der Waals surface area contributed by atoms with Crippen LogP contribution in [0.25, 0.3) is 28.0 Å². The summed E-state index contributed by atoms with van der Waals surface area (Å²) in [6.45, 7) is 7.63. The van der Waals surface area contributed by atoms with Crippen LogP contribution >= 0.6 is 0 Å². The van der Waals surface area contributed by atoms with E-state index in [1.165, 1.54) is 36.4 Å². The van der Waals surface area contributed by atoms with Crippen LogP contribution < -0.4 is 5.32 Å². The van der Waals surface area contributed by atoms with Crippen LogP contribution in [0.5, 0.6) is 0 Å². The van der Waals surface area contributed by atoms with Crippen LogP contribution in [-0.2, 0) is 0 Å². The van der Waals surface area contributed by atoms with E-state index in [0.29, 0.717) is 28.0 Å². The van der Waals surface area contributed by atoms with Gasteiger partial charge in [0.25, 0.3) is 5.91 Å². The van der Waals surface area contributed by atoms with Gasteiger partial charge in [0.05, 0.1) is 28.5 Å². The highest BCUT2D eigenvalue weighted by Crippen LogP contribution is 2.33. The Morgan fingerprint density at radius 2 is 1.65 bits per heavy atom. The molecule has 5 rings (SSSR count). The Bertz CT molecular complexity index is 1590. The lowest BCUT2D eigenvalue weighted by Gasteiger charge is -2.13. The summed E-state index contributed by atoms with van der Waals surface area (Å²) in [4.78, 5) is 21.7. The van der Waals surface area contributed by atoms with Crippen LogP contribution in [0.3, 0.4) is 0 Å². The second kappa shape index (κ2) is 10.7. The first-order valence-corrected chi connectivity index (χ1v) is 11.8. The van der Waals surface area contributed by atoms with Crippen LogP contribution in [0.2, 0.25) is 0 Å². The van der Waals surface area contributed by atoms with Gasteiger partial charge in [-0.3, -0.25) is 14.2 Å². The number of nitrogens with one attached hydrogen (secondary N) is 1. The van der Waals surface area contributed by atoms with Crippen molar-refractivity contribution in [3.05, 3.63) is 107 Å². The fourth-order valence-corrected chi connectivity index (χ4v) is 4.05. The SMILES string of the molecule is CC.Cc1ccn2c(-c3cccc(F)c3F)ncc2c1-c1cnc(C)c(C(=O)Nc2ccc(F)cc2)c1. The van der Waals surface area contributed by atoms with E-state index < -0.39 is 17.5 Å². The van der Waals surface area contributed by atoms with E-state index in [0.717, 1.165) is 17.2 Å². The molecule has 1 N–H and O–H groups in total. The van der Waals surface area contributed by atoms with Crippen molar-refractivity contribution in [2.45, 2.75) is 27.7 Å². The molecule has 0 bridgehead atoms. The number of fused-ring (bicyclic) bond motifs is 1. The fourth-order valence-electron chi connectivity index (χ4n) is 4.05. The lowest BCUT2D eigenvalue weighted by atomic mass is 9.99. The summed E-state index contributed by atoms with van der Waals surface area (Å²) in [5, 5.41) is 2.75. The second-order valence-corrected chi connectivity index (χ2v) is 8.13. The first kappa shape index (κ1) is 25.6. The van der Waals surface area contributed by atoms with E-state index in [1.807, 2.05) is 26.8 Å². The Kier molecular flexibility index (Phi) is 7.38. The molecule has 0 aliphatic heterocycles. The molecule has 2 aromatic carbocycles. The van der Waals surface area contributed by atoms with E-state index in [2.05, 4.69) is 15.3 Å². The van der Waals surface area contributed by atoms with Gasteiger partial charge < -0.3 is 5.32 Å². The summed E-state index contributed by atoms with van der Waals surface area (Å²) in [6, 6.07) is 13.0. The smallest absolute Gasteiger partial charge is 0.257 e. The maximum Gasteiger partial charge on any atom is 0.257 e. The highest BCUT2D eigenvalue weighted by Gasteiger charge is 2.19. The molecule has 0 radical (unpaired) electrons. The number of carbonyl (C=O) groups is 1. The predicted octanol–water partition coefficient (Wildman–Crippen LogP) is 7.38. The van der Waals surface area contributed by atoms with Crippen LogP contribution in [0.4, 0.5) is 18.9 Å². The van der Waals surface area contributed by atoms with Crippen molar-refractivity contribution in [3.63, 3.8) is 0 Å². The van der Waals surface area contributed by atoms with Gasteiger partial charge in [-0.25, -0.2) is 18.2 Å². The highest BCUT2D eigenvalue weighted by molar-refractivity contribution is 6.06. The largest absolute Gasteiger partial charge is 0.322 e. The number of halogens is 3. The summed E-state index contributed by atoms with van der Waals surface area (Å²) < 4.78 is 43.2. The van der Waals surface area contributed by atoms with Gasteiger partial charge in [0, 0.05) is 29.2 Å². The van der Waals surface area contributed by atoms with Crippen LogP contribution in [0.1, 0.15) is 35.5 Å². The van der Waals surface area contributed by atoms with Crippen LogP contribution in [0, 0.1) is 31.3 Å². The maximum atomic E-state index is 14.5. The Labute approximate surface area is 212 Å². The average molecular weight is 503 g/mol. The van der Waals surface area contributed by atoms with Gasteiger partial charge in [-0.2, -0.15) is 0 Å². The van der Waals surface area contributed by atoms with Gasteiger partial charge in [0.2, 0.25) is 0 Å². The van der Waals surface area contributed by atoms with E-state index in [-0.39, 0.29) is 17.3 Å². The number of nitrogens with zero attached hydrogens (tertiary/aromatic N) is 3. The molecule has 8 heteroatoms. The van der Waals surface area contributed by atoms with E-state index >= 15 is 0 Å². The molecule has 5 nitrogen and oxygen atoms in total. The highest BCUT2D eigenvalue weighted by atomic mass is 19.2. The number of aryl methyl sites for hydroxylation is 2. The molecular weight excluding hydrogens is 477 g/mol. The zero-order valence-electron chi connectivity index (χ0n) is 20.8. The zero-order chi connectivity index (χ0) is 26.7. The average Bonchev–Trinajstić information content (AvgIpc) is 3.32. The number of rotatable bonds is 4. The number of hydrogen-bond donors (Lipinski definition) is 1. The Morgan fingerprint density at radius 3 is 2.38 bits per heavy atom. The predicted molar refractivity (Wildman–Crippen MR) is 139 cm³/mol. The Balaban J connectivity index is 0.00000156. The fraction of sp³-hybridized carbons (Fsp3) is 0.138. The summed E-state index contributed by atoms with van der Waals surface area (Å²) >= 11 is 0. The molecule has 0 atom stereocenters. The molecule has 0 saturated carbocycles. The number of imidazole rings is 1. The molecule has 0 saturated heterocycles. The van der Waals surface area contributed by atoms with Gasteiger partial charge in [0.15, 0.2) is 11.6 Å². The molecular formula is C29H25F3N4O. The van der Waals surface area contributed by atoms with Crippen molar-refractivity contribution in [1.82, 2.24) is 14.4 Å². The van der Waals surface area contributed by atoms with Crippen molar-refractivity contribution in [1.29, 1.82) is 0 Å². The summed E-state index contributed by atoms with van der Waals surface area (Å²) in [7, 11) is 0. The minimum atomic E-state index is -0.973. The summed E-state index contributed by atoms with van der Waals surface area (Å²) in [5.41, 5.74) is 4.33. The number of hydrogen-bond acceptors (Lipinski definition) is 3. The minimum absolute atomic E-state index is 0.0428. The minimum Gasteiger partial charge on any atom is -0.322 e. The van der Waals surface area contributed by atoms with E-state index in [9.17, 15) is 18.0 Å². The second-order valence-electron chi connectivity index (χ2n) is 8.13. The molecule has 0 unspecified atom stereocenters. The lowest BCUT2D eigenvalue weighted by molar-refractivity contribution is 0.102. The van der Waals surface area contributed by atoms with Gasteiger partial charge in [0.1, 0.15) is 11.6 Å². The van der Waals surface area contributed by atoms with Crippen molar-refractivity contribution < 1.29 is 18.0 Å². The normalized spacial score (nSPS) is 10.7. The number of pyridine rings is 2. The first-order chi connectivity index (χ1) is 17.8. The van der Waals surface area contributed by atoms with Crippen molar-refractivity contribution in [3.8, 4) is 22.5 Å². The Morgan fingerprint density at radius 1 is 0.919 bits per heavy atom. The molecule has 3 aromatic heterocycles. The number of carbonyl (C=O) groups excluding carboxylic acids is 1. The van der Waals surface area contributed by atoms with Crippen LogP contribution in [-0.4, -0.2) is 20.3 Å². The van der Waals surface area contributed by atoms with Gasteiger partial charge in [-0.05, 0) is 67.9 Å². The van der Waals surface area contributed by atoms with E-state index in [4.69, 9.17) is 0 Å². The third-order valence-electron chi connectivity index (χ3n) is 5.84. The summed E-state index contributed by atoms with van der Waals surface area (Å²) in [5.74, 6) is -2.45. The maximum absolute atomic E-state index is 14.5. The third kappa shape index (κ3) is 4.95. The lowest BCUT2D eigenvalue weighted by Crippen LogP contribution is -2.14.